The molecule has 0 aliphatic carbocycles. The van der Waals surface area contributed by atoms with Crippen LogP contribution in [0.15, 0.2) is 11.1 Å². The molecule has 0 atom stereocenters. The fourth-order valence-electron chi connectivity index (χ4n) is 1.31. The van der Waals surface area contributed by atoms with Gasteiger partial charge in [0.25, 0.3) is 0 Å². The van der Waals surface area contributed by atoms with Crippen molar-refractivity contribution >= 4 is 34.2 Å². The molecule has 0 saturated carbocycles. The molecule has 0 radical (unpaired) electrons. The standard InChI is InChI=1S/C9H15BrN2O2.ClH/c1-7(10)6-12-8(13)9(11)2-4-14-5-3-9;/h1-6,11H2,(H,12,13);1H. The number of carbonyl (C=O) groups is 1. The van der Waals surface area contributed by atoms with Crippen LogP contribution in [0.25, 0.3) is 0 Å². The van der Waals surface area contributed by atoms with E-state index in [1.807, 2.05) is 0 Å². The predicted molar refractivity (Wildman–Crippen MR) is 65.3 cm³/mol. The minimum absolute atomic E-state index is 0. The molecule has 0 unspecified atom stereocenters. The predicted octanol–water partition coefficient (Wildman–Crippen LogP) is 0.941. The summed E-state index contributed by atoms with van der Waals surface area (Å²) in [6, 6.07) is 0. The minimum Gasteiger partial charge on any atom is -0.381 e. The first-order chi connectivity index (χ1) is 6.54. The van der Waals surface area contributed by atoms with Crippen LogP contribution in [-0.2, 0) is 9.53 Å². The van der Waals surface area contributed by atoms with Gasteiger partial charge in [-0.05, 0) is 12.8 Å². The summed E-state index contributed by atoms with van der Waals surface area (Å²) in [7, 11) is 0. The van der Waals surface area contributed by atoms with Crippen LogP contribution in [0.5, 0.6) is 0 Å². The number of nitrogens with one attached hydrogen (secondary N) is 1. The lowest BCUT2D eigenvalue weighted by molar-refractivity contribution is -0.129. The Balaban J connectivity index is 0.00000196. The smallest absolute Gasteiger partial charge is 0.240 e. The number of rotatable bonds is 3. The van der Waals surface area contributed by atoms with Gasteiger partial charge in [0.2, 0.25) is 5.91 Å². The van der Waals surface area contributed by atoms with E-state index in [9.17, 15) is 4.79 Å². The quantitative estimate of drug-likeness (QED) is 0.815. The maximum atomic E-state index is 11.7. The van der Waals surface area contributed by atoms with Crippen LogP contribution >= 0.6 is 28.3 Å². The zero-order chi connectivity index (χ0) is 10.6. The molecular weight excluding hydrogens is 283 g/mol. The number of hydrogen-bond acceptors (Lipinski definition) is 3. The van der Waals surface area contributed by atoms with Crippen molar-refractivity contribution in [3.05, 3.63) is 11.1 Å². The highest BCUT2D eigenvalue weighted by Crippen LogP contribution is 2.17. The third-order valence-corrected chi connectivity index (χ3v) is 2.56. The summed E-state index contributed by atoms with van der Waals surface area (Å²) in [6.45, 7) is 5.16. The van der Waals surface area contributed by atoms with Crippen LogP contribution in [0, 0.1) is 0 Å². The second-order valence-corrected chi connectivity index (χ2v) is 4.59. The van der Waals surface area contributed by atoms with E-state index in [1.165, 1.54) is 0 Å². The second kappa shape index (κ2) is 6.48. The summed E-state index contributed by atoms with van der Waals surface area (Å²) < 4.78 is 5.89. The first kappa shape index (κ1) is 14.9. The Labute approximate surface area is 104 Å². The highest BCUT2D eigenvalue weighted by Gasteiger charge is 2.35. The molecule has 0 aromatic rings. The Morgan fingerprint density at radius 3 is 2.53 bits per heavy atom. The highest BCUT2D eigenvalue weighted by molar-refractivity contribution is 9.11. The molecule has 1 heterocycles. The van der Waals surface area contributed by atoms with Gasteiger partial charge in [0.15, 0.2) is 0 Å². The van der Waals surface area contributed by atoms with Crippen molar-refractivity contribution in [3.8, 4) is 0 Å². The fraction of sp³-hybridized carbons (Fsp3) is 0.667. The lowest BCUT2D eigenvalue weighted by atomic mass is 9.90. The molecule has 6 heteroatoms. The molecular formula is C9H16BrClN2O2. The summed E-state index contributed by atoms with van der Waals surface area (Å²) in [5, 5.41) is 2.73. The van der Waals surface area contributed by atoms with Gasteiger partial charge in [-0.15, -0.1) is 12.4 Å². The van der Waals surface area contributed by atoms with Crippen LogP contribution in [0.3, 0.4) is 0 Å². The van der Waals surface area contributed by atoms with Gasteiger partial charge in [0.05, 0.1) is 5.54 Å². The molecule has 3 N–H and O–H groups in total. The summed E-state index contributed by atoms with van der Waals surface area (Å²) >= 11 is 3.17. The van der Waals surface area contributed by atoms with E-state index in [0.29, 0.717) is 32.6 Å². The highest BCUT2D eigenvalue weighted by atomic mass is 79.9. The van der Waals surface area contributed by atoms with Crippen molar-refractivity contribution in [2.24, 2.45) is 5.73 Å². The monoisotopic (exact) mass is 298 g/mol. The summed E-state index contributed by atoms with van der Waals surface area (Å²) in [4.78, 5) is 11.7. The van der Waals surface area contributed by atoms with E-state index in [4.69, 9.17) is 10.5 Å². The molecule has 1 aliphatic rings. The lowest BCUT2D eigenvalue weighted by Gasteiger charge is -2.31. The van der Waals surface area contributed by atoms with Crippen LogP contribution in [-0.4, -0.2) is 31.2 Å². The van der Waals surface area contributed by atoms with Crippen molar-refractivity contribution < 1.29 is 9.53 Å². The molecule has 1 fully saturated rings. The maximum Gasteiger partial charge on any atom is 0.240 e. The number of amides is 1. The van der Waals surface area contributed by atoms with Crippen molar-refractivity contribution in [2.75, 3.05) is 19.8 Å². The van der Waals surface area contributed by atoms with Crippen LogP contribution in [0.1, 0.15) is 12.8 Å². The number of carbonyl (C=O) groups excluding carboxylic acids is 1. The van der Waals surface area contributed by atoms with Crippen LogP contribution in [0.2, 0.25) is 0 Å². The second-order valence-electron chi connectivity index (χ2n) is 3.47. The zero-order valence-corrected chi connectivity index (χ0v) is 10.8. The molecule has 0 bridgehead atoms. The third kappa shape index (κ3) is 4.51. The topological polar surface area (TPSA) is 64.4 Å². The summed E-state index contributed by atoms with van der Waals surface area (Å²) in [6.07, 6.45) is 1.15. The summed E-state index contributed by atoms with van der Waals surface area (Å²) in [5.41, 5.74) is 5.19. The molecule has 0 aromatic heterocycles. The lowest BCUT2D eigenvalue weighted by Crippen LogP contribution is -2.57. The van der Waals surface area contributed by atoms with E-state index in [2.05, 4.69) is 27.8 Å². The number of ether oxygens (including phenoxy) is 1. The van der Waals surface area contributed by atoms with Crippen molar-refractivity contribution in [1.29, 1.82) is 0 Å². The Hall–Kier alpha value is -0.100. The molecule has 0 spiro atoms. The fourth-order valence-corrected chi connectivity index (χ4v) is 1.46. The Kier molecular flexibility index (Phi) is 6.43. The van der Waals surface area contributed by atoms with Gasteiger partial charge in [0.1, 0.15) is 0 Å². The van der Waals surface area contributed by atoms with E-state index >= 15 is 0 Å². The Morgan fingerprint density at radius 1 is 1.53 bits per heavy atom. The van der Waals surface area contributed by atoms with Crippen molar-refractivity contribution in [3.63, 3.8) is 0 Å². The van der Waals surface area contributed by atoms with E-state index in [0.717, 1.165) is 4.48 Å². The SMILES string of the molecule is C=C(Br)CNC(=O)C1(N)CCOCC1.Cl. The summed E-state index contributed by atoms with van der Waals surface area (Å²) in [5.74, 6) is -0.124. The first-order valence-electron chi connectivity index (χ1n) is 4.53. The van der Waals surface area contributed by atoms with E-state index in [1.54, 1.807) is 0 Å². The molecule has 1 aliphatic heterocycles. The Bertz CT molecular complexity index is 242. The van der Waals surface area contributed by atoms with E-state index in [-0.39, 0.29) is 18.3 Å². The number of nitrogens with two attached hydrogens (primary N) is 1. The van der Waals surface area contributed by atoms with Gasteiger partial charge in [-0.2, -0.15) is 0 Å². The molecule has 1 amide bonds. The average molecular weight is 300 g/mol. The molecule has 1 saturated heterocycles. The van der Waals surface area contributed by atoms with Crippen molar-refractivity contribution in [2.45, 2.75) is 18.4 Å². The number of hydrogen-bond donors (Lipinski definition) is 2. The van der Waals surface area contributed by atoms with Crippen LogP contribution in [0.4, 0.5) is 0 Å². The number of halogens is 2. The van der Waals surface area contributed by atoms with Gasteiger partial charge < -0.3 is 15.8 Å². The molecule has 15 heavy (non-hydrogen) atoms. The Morgan fingerprint density at radius 2 is 2.07 bits per heavy atom. The molecule has 88 valence electrons. The first-order valence-corrected chi connectivity index (χ1v) is 5.32. The molecule has 4 nitrogen and oxygen atoms in total. The van der Waals surface area contributed by atoms with Gasteiger partial charge in [0, 0.05) is 24.2 Å². The largest absolute Gasteiger partial charge is 0.381 e. The maximum absolute atomic E-state index is 11.7. The third-order valence-electron chi connectivity index (χ3n) is 2.28. The minimum atomic E-state index is -0.763. The van der Waals surface area contributed by atoms with Crippen molar-refractivity contribution in [1.82, 2.24) is 5.32 Å². The van der Waals surface area contributed by atoms with Gasteiger partial charge in [-0.25, -0.2) is 0 Å². The zero-order valence-electron chi connectivity index (χ0n) is 8.42. The van der Waals surface area contributed by atoms with Gasteiger partial charge >= 0.3 is 0 Å². The van der Waals surface area contributed by atoms with E-state index < -0.39 is 5.54 Å². The van der Waals surface area contributed by atoms with Gasteiger partial charge in [-0.1, -0.05) is 22.5 Å². The van der Waals surface area contributed by atoms with Gasteiger partial charge in [-0.3, -0.25) is 4.79 Å². The molecule has 0 aromatic carbocycles. The normalized spacial score (nSPS) is 18.8. The molecule has 1 rings (SSSR count). The van der Waals surface area contributed by atoms with Crippen LogP contribution < -0.4 is 11.1 Å². The average Bonchev–Trinajstić information content (AvgIpc) is 2.15.